The van der Waals surface area contributed by atoms with E-state index in [1.165, 1.54) is 0 Å². The van der Waals surface area contributed by atoms with Gasteiger partial charge >= 0.3 is 5.97 Å². The van der Waals surface area contributed by atoms with Crippen LogP contribution in [0.3, 0.4) is 0 Å². The van der Waals surface area contributed by atoms with Gasteiger partial charge in [-0.25, -0.2) is 4.98 Å². The molecule has 0 radical (unpaired) electrons. The lowest BCUT2D eigenvalue weighted by atomic mass is 10.1. The van der Waals surface area contributed by atoms with Crippen LogP contribution in [0.5, 0.6) is 0 Å². The maximum absolute atomic E-state index is 12.2. The molecule has 0 aliphatic heterocycles. The first kappa shape index (κ1) is 13.3. The first-order chi connectivity index (χ1) is 9.56. The largest absolute Gasteiger partial charge is 0.481 e. The van der Waals surface area contributed by atoms with E-state index in [0.29, 0.717) is 11.5 Å². The number of carboxylic acids is 1. The summed E-state index contributed by atoms with van der Waals surface area (Å²) in [4.78, 5) is 15.2. The summed E-state index contributed by atoms with van der Waals surface area (Å²) in [5.74, 6) is 0.0585. The molecule has 1 N–H and O–H groups in total. The Morgan fingerprint density at radius 1 is 1.45 bits per heavy atom. The number of nitrogens with zero attached hydrogens (tertiary/aromatic N) is 2. The standard InChI is InChI=1S/C14H16N2O3S/c17-13(18)7-14(4-5-14)10-20(19)9-11-8-16-6-2-1-3-12(16)15-11/h1-3,6,8H,4-5,7,9-10H2,(H,17,18). The lowest BCUT2D eigenvalue weighted by Gasteiger charge is -2.10. The number of aromatic nitrogens is 2. The molecule has 0 saturated heterocycles. The first-order valence-corrected chi connectivity index (χ1v) is 8.05. The van der Waals surface area contributed by atoms with Crippen LogP contribution in [0.25, 0.3) is 5.65 Å². The predicted octanol–water partition coefficient (Wildman–Crippen LogP) is 1.84. The number of carbonyl (C=O) groups is 1. The molecule has 6 heteroatoms. The molecule has 1 aliphatic rings. The van der Waals surface area contributed by atoms with Crippen LogP contribution in [0.15, 0.2) is 30.6 Å². The van der Waals surface area contributed by atoms with Crippen LogP contribution in [0.2, 0.25) is 0 Å². The zero-order valence-electron chi connectivity index (χ0n) is 11.0. The second kappa shape index (κ2) is 5.01. The molecular weight excluding hydrogens is 276 g/mol. The van der Waals surface area contributed by atoms with Gasteiger partial charge in [-0.2, -0.15) is 0 Å². The summed E-state index contributed by atoms with van der Waals surface area (Å²) in [5, 5.41) is 8.87. The molecule has 1 unspecified atom stereocenters. The van der Waals surface area contributed by atoms with Crippen molar-refractivity contribution in [3.8, 4) is 0 Å². The van der Waals surface area contributed by atoms with Gasteiger partial charge in [0.05, 0.1) is 17.9 Å². The van der Waals surface area contributed by atoms with Crippen molar-refractivity contribution < 1.29 is 14.1 Å². The molecule has 0 amide bonds. The lowest BCUT2D eigenvalue weighted by molar-refractivity contribution is -0.138. The van der Waals surface area contributed by atoms with E-state index in [2.05, 4.69) is 4.98 Å². The molecule has 1 atom stereocenters. The highest BCUT2D eigenvalue weighted by Crippen LogP contribution is 2.49. The van der Waals surface area contributed by atoms with Gasteiger partial charge in [0.15, 0.2) is 0 Å². The van der Waals surface area contributed by atoms with Gasteiger partial charge in [0.1, 0.15) is 5.65 Å². The molecule has 5 nitrogen and oxygen atoms in total. The molecule has 3 rings (SSSR count). The van der Waals surface area contributed by atoms with Gasteiger partial charge in [-0.1, -0.05) is 6.07 Å². The Morgan fingerprint density at radius 2 is 2.25 bits per heavy atom. The third kappa shape index (κ3) is 2.90. The van der Waals surface area contributed by atoms with Crippen molar-refractivity contribution >= 4 is 22.4 Å². The van der Waals surface area contributed by atoms with Crippen LogP contribution in [0.1, 0.15) is 25.0 Å². The molecule has 2 heterocycles. The van der Waals surface area contributed by atoms with Crippen molar-refractivity contribution in [1.82, 2.24) is 9.38 Å². The summed E-state index contributed by atoms with van der Waals surface area (Å²) in [5.41, 5.74) is 1.40. The minimum atomic E-state index is -1.06. The Balaban J connectivity index is 1.65. The molecule has 0 spiro atoms. The molecule has 0 bridgehead atoms. The Morgan fingerprint density at radius 3 is 2.90 bits per heavy atom. The summed E-state index contributed by atoms with van der Waals surface area (Å²) in [7, 11) is -1.06. The summed E-state index contributed by atoms with van der Waals surface area (Å²) in [6.45, 7) is 0. The molecule has 2 aromatic heterocycles. The Hall–Kier alpha value is -1.69. The normalized spacial score (nSPS) is 18.0. The van der Waals surface area contributed by atoms with Crippen molar-refractivity contribution in [3.63, 3.8) is 0 Å². The van der Waals surface area contributed by atoms with Crippen LogP contribution in [0.4, 0.5) is 0 Å². The van der Waals surface area contributed by atoms with E-state index in [4.69, 9.17) is 5.11 Å². The monoisotopic (exact) mass is 292 g/mol. The highest BCUT2D eigenvalue weighted by atomic mass is 32.2. The SMILES string of the molecule is O=C(O)CC1(CS(=O)Cc2cn3ccccc3n2)CC1. The van der Waals surface area contributed by atoms with E-state index in [-0.39, 0.29) is 11.8 Å². The molecule has 0 aromatic carbocycles. The fourth-order valence-corrected chi connectivity index (χ4v) is 4.13. The van der Waals surface area contributed by atoms with Crippen LogP contribution in [0, 0.1) is 5.41 Å². The molecule has 1 aliphatic carbocycles. The summed E-state index contributed by atoms with van der Waals surface area (Å²) < 4.78 is 14.1. The topological polar surface area (TPSA) is 71.7 Å². The van der Waals surface area contributed by atoms with E-state index >= 15 is 0 Å². The smallest absolute Gasteiger partial charge is 0.303 e. The molecule has 1 fully saturated rings. The third-order valence-electron chi connectivity index (χ3n) is 3.67. The third-order valence-corrected chi connectivity index (χ3v) is 5.23. The maximum atomic E-state index is 12.2. The van der Waals surface area contributed by atoms with Gasteiger partial charge in [-0.15, -0.1) is 0 Å². The van der Waals surface area contributed by atoms with E-state index in [1.54, 1.807) is 0 Å². The quantitative estimate of drug-likeness (QED) is 0.882. The van der Waals surface area contributed by atoms with Crippen LogP contribution in [-0.4, -0.2) is 30.4 Å². The van der Waals surface area contributed by atoms with Crippen molar-refractivity contribution in [2.24, 2.45) is 5.41 Å². The fraction of sp³-hybridized carbons (Fsp3) is 0.429. The van der Waals surface area contributed by atoms with E-state index < -0.39 is 16.8 Å². The number of aliphatic carboxylic acids is 1. The minimum absolute atomic E-state index is 0.129. The molecule has 2 aromatic rings. The van der Waals surface area contributed by atoms with Crippen LogP contribution >= 0.6 is 0 Å². The highest BCUT2D eigenvalue weighted by Gasteiger charge is 2.45. The van der Waals surface area contributed by atoms with Crippen molar-refractivity contribution in [3.05, 3.63) is 36.3 Å². The van der Waals surface area contributed by atoms with Gasteiger partial charge in [-0.05, 0) is 30.4 Å². The molecule has 1 saturated carbocycles. The van der Waals surface area contributed by atoms with Gasteiger partial charge in [0, 0.05) is 28.9 Å². The number of hydrogen-bond acceptors (Lipinski definition) is 3. The summed E-state index contributed by atoms with van der Waals surface area (Å²) >= 11 is 0. The predicted molar refractivity (Wildman–Crippen MR) is 75.8 cm³/mol. The fourth-order valence-electron chi connectivity index (χ4n) is 2.48. The Kier molecular flexibility index (Phi) is 3.33. The Bertz CT molecular complexity index is 643. The zero-order valence-corrected chi connectivity index (χ0v) is 11.8. The number of imidazole rings is 1. The highest BCUT2D eigenvalue weighted by molar-refractivity contribution is 7.84. The number of carboxylic acid groups (broad SMARTS) is 1. The Labute approximate surface area is 119 Å². The van der Waals surface area contributed by atoms with Gasteiger partial charge in [0.25, 0.3) is 0 Å². The lowest BCUT2D eigenvalue weighted by Crippen LogP contribution is -2.17. The second-order valence-corrected chi connectivity index (χ2v) is 6.95. The molecular formula is C14H16N2O3S. The average molecular weight is 292 g/mol. The summed E-state index contributed by atoms with van der Waals surface area (Å²) in [6.07, 6.45) is 5.65. The van der Waals surface area contributed by atoms with Crippen molar-refractivity contribution in [2.75, 3.05) is 5.75 Å². The van der Waals surface area contributed by atoms with Gasteiger partial charge in [0.2, 0.25) is 0 Å². The maximum Gasteiger partial charge on any atom is 0.303 e. The van der Waals surface area contributed by atoms with Crippen LogP contribution < -0.4 is 0 Å². The van der Waals surface area contributed by atoms with E-state index in [0.717, 1.165) is 24.2 Å². The average Bonchev–Trinajstić information content (AvgIpc) is 2.98. The molecule has 106 valence electrons. The summed E-state index contributed by atoms with van der Waals surface area (Å²) in [6, 6.07) is 5.73. The van der Waals surface area contributed by atoms with Crippen molar-refractivity contribution in [2.45, 2.75) is 25.0 Å². The van der Waals surface area contributed by atoms with Gasteiger partial charge in [-0.3, -0.25) is 9.00 Å². The minimum Gasteiger partial charge on any atom is -0.481 e. The van der Waals surface area contributed by atoms with Gasteiger partial charge < -0.3 is 9.51 Å². The van der Waals surface area contributed by atoms with E-state index in [9.17, 15) is 9.00 Å². The van der Waals surface area contributed by atoms with Crippen LogP contribution in [-0.2, 0) is 21.3 Å². The number of pyridine rings is 1. The molecule has 20 heavy (non-hydrogen) atoms. The van der Waals surface area contributed by atoms with Crippen molar-refractivity contribution in [1.29, 1.82) is 0 Å². The first-order valence-electron chi connectivity index (χ1n) is 6.56. The second-order valence-electron chi connectivity index (χ2n) is 5.50. The number of rotatable bonds is 6. The van der Waals surface area contributed by atoms with E-state index in [1.807, 2.05) is 35.0 Å². The zero-order chi connectivity index (χ0) is 14.2. The number of fused-ring (bicyclic) bond motifs is 1. The number of hydrogen-bond donors (Lipinski definition) is 1.